The van der Waals surface area contributed by atoms with Crippen molar-refractivity contribution in [1.82, 2.24) is 0 Å². The van der Waals surface area contributed by atoms with E-state index in [0.29, 0.717) is 11.5 Å². The quantitative estimate of drug-likeness (QED) is 0.865. The Hall–Kier alpha value is -0.580. The number of halogens is 1. The lowest BCUT2D eigenvalue weighted by molar-refractivity contribution is -0.699. The molecule has 88 valence electrons. The molecule has 16 heavy (non-hydrogen) atoms. The van der Waals surface area contributed by atoms with Gasteiger partial charge in [-0.2, -0.15) is 0 Å². The summed E-state index contributed by atoms with van der Waals surface area (Å²) in [7, 11) is -2.76. The zero-order valence-corrected chi connectivity index (χ0v) is 10.5. The molecule has 0 saturated carbocycles. The zero-order chi connectivity index (χ0) is 11.6. The summed E-state index contributed by atoms with van der Waals surface area (Å²) >= 11 is 5.79. The van der Waals surface area contributed by atoms with E-state index in [0.717, 1.165) is 18.0 Å². The van der Waals surface area contributed by atoms with Crippen LogP contribution < -0.4 is 5.32 Å². The Balaban J connectivity index is 1.87. The van der Waals surface area contributed by atoms with Crippen LogP contribution in [0.15, 0.2) is 24.3 Å². The molecule has 1 aliphatic heterocycles. The van der Waals surface area contributed by atoms with Crippen molar-refractivity contribution >= 4 is 21.4 Å². The molecule has 0 bridgehead atoms. The average molecular weight is 261 g/mol. The molecule has 5 heteroatoms. The van der Waals surface area contributed by atoms with Gasteiger partial charge in [-0.3, -0.25) is 0 Å². The number of rotatable bonds is 3. The fourth-order valence-corrected chi connectivity index (χ4v) is 3.84. The Labute approximate surface area is 101 Å². The standard InChI is InChI=1S/C11H14ClNO2S/c12-10-3-1-9(2-4-10)7-13-11-5-6-16(14,15)8-11/h1-4,11,13H,5-8H2/p+1/t11-/m0/s1. The number of nitrogens with two attached hydrogens (primary N) is 1. The molecule has 1 heterocycles. The molecule has 0 unspecified atom stereocenters. The van der Waals surface area contributed by atoms with Crippen LogP contribution in [0, 0.1) is 0 Å². The highest BCUT2D eigenvalue weighted by molar-refractivity contribution is 7.91. The van der Waals surface area contributed by atoms with Crippen molar-refractivity contribution in [1.29, 1.82) is 0 Å². The summed E-state index contributed by atoms with van der Waals surface area (Å²) in [4.78, 5) is 0. The monoisotopic (exact) mass is 260 g/mol. The smallest absolute Gasteiger partial charge is 0.156 e. The van der Waals surface area contributed by atoms with Crippen LogP contribution in [0.3, 0.4) is 0 Å². The molecule has 3 nitrogen and oxygen atoms in total. The highest BCUT2D eigenvalue weighted by Gasteiger charge is 2.30. The molecule has 1 saturated heterocycles. The molecule has 1 atom stereocenters. The van der Waals surface area contributed by atoms with Crippen LogP contribution in [0.2, 0.25) is 5.02 Å². The second-order valence-electron chi connectivity index (χ2n) is 4.23. The van der Waals surface area contributed by atoms with Gasteiger partial charge in [0, 0.05) is 17.0 Å². The molecule has 1 fully saturated rings. The Morgan fingerprint density at radius 2 is 2.00 bits per heavy atom. The molecule has 0 radical (unpaired) electrons. The summed E-state index contributed by atoms with van der Waals surface area (Å²) in [6.45, 7) is 0.817. The molecular weight excluding hydrogens is 246 g/mol. The highest BCUT2D eigenvalue weighted by atomic mass is 35.5. The van der Waals surface area contributed by atoms with Crippen LogP contribution in [0.1, 0.15) is 12.0 Å². The maximum absolute atomic E-state index is 11.3. The Bertz CT molecular complexity index is 455. The Kier molecular flexibility index (Phi) is 3.52. The van der Waals surface area contributed by atoms with Crippen molar-refractivity contribution < 1.29 is 13.7 Å². The normalized spacial score (nSPS) is 23.4. The first kappa shape index (κ1) is 11.9. The van der Waals surface area contributed by atoms with Gasteiger partial charge in [0.1, 0.15) is 18.3 Å². The molecule has 0 aromatic heterocycles. The van der Waals surface area contributed by atoms with Crippen molar-refractivity contribution in [2.24, 2.45) is 0 Å². The summed E-state index contributed by atoms with van der Waals surface area (Å²) in [6, 6.07) is 7.89. The van der Waals surface area contributed by atoms with Crippen LogP contribution >= 0.6 is 11.6 Å². The van der Waals surface area contributed by atoms with E-state index in [1.54, 1.807) is 0 Å². The van der Waals surface area contributed by atoms with E-state index in [1.807, 2.05) is 24.3 Å². The third kappa shape index (κ3) is 3.20. The largest absolute Gasteiger partial charge is 0.339 e. The predicted molar refractivity (Wildman–Crippen MR) is 64.1 cm³/mol. The molecule has 2 rings (SSSR count). The molecule has 2 N–H and O–H groups in total. The van der Waals surface area contributed by atoms with Gasteiger partial charge in [0.05, 0.1) is 5.75 Å². The van der Waals surface area contributed by atoms with E-state index in [4.69, 9.17) is 11.6 Å². The first-order chi connectivity index (χ1) is 7.55. The second-order valence-corrected chi connectivity index (χ2v) is 6.89. The van der Waals surface area contributed by atoms with Crippen LogP contribution in [0.4, 0.5) is 0 Å². The summed E-state index contributed by atoms with van der Waals surface area (Å²) < 4.78 is 22.5. The van der Waals surface area contributed by atoms with Crippen LogP contribution in [-0.4, -0.2) is 26.0 Å². The van der Waals surface area contributed by atoms with Gasteiger partial charge in [-0.15, -0.1) is 0 Å². The Morgan fingerprint density at radius 1 is 1.31 bits per heavy atom. The van der Waals surface area contributed by atoms with Crippen molar-refractivity contribution in [3.05, 3.63) is 34.9 Å². The lowest BCUT2D eigenvalue weighted by Crippen LogP contribution is -2.89. The van der Waals surface area contributed by atoms with Crippen molar-refractivity contribution in [3.63, 3.8) is 0 Å². The molecule has 0 spiro atoms. The predicted octanol–water partition coefficient (Wildman–Crippen LogP) is 0.591. The summed E-state index contributed by atoms with van der Waals surface area (Å²) in [6.07, 6.45) is 0.774. The summed E-state index contributed by atoms with van der Waals surface area (Å²) in [5, 5.41) is 2.83. The summed E-state index contributed by atoms with van der Waals surface area (Å²) in [5.41, 5.74) is 1.17. The summed E-state index contributed by atoms with van der Waals surface area (Å²) in [5.74, 6) is 0.662. The van der Waals surface area contributed by atoms with E-state index < -0.39 is 9.84 Å². The fourth-order valence-electron chi connectivity index (χ4n) is 1.93. The second kappa shape index (κ2) is 4.73. The van der Waals surface area contributed by atoms with Crippen molar-refractivity contribution in [2.45, 2.75) is 19.0 Å². The number of quaternary nitrogens is 1. The van der Waals surface area contributed by atoms with E-state index in [1.165, 1.54) is 5.56 Å². The third-order valence-electron chi connectivity index (χ3n) is 2.87. The molecule has 1 aromatic rings. The zero-order valence-electron chi connectivity index (χ0n) is 8.90. The number of hydrogen-bond acceptors (Lipinski definition) is 2. The van der Waals surface area contributed by atoms with E-state index in [9.17, 15) is 8.42 Å². The van der Waals surface area contributed by atoms with E-state index in [2.05, 4.69) is 5.32 Å². The maximum atomic E-state index is 11.3. The van der Waals surface area contributed by atoms with Crippen LogP contribution in [-0.2, 0) is 16.4 Å². The lowest BCUT2D eigenvalue weighted by atomic mass is 10.2. The molecule has 1 aliphatic rings. The van der Waals surface area contributed by atoms with Gasteiger partial charge in [0.2, 0.25) is 0 Å². The third-order valence-corrected chi connectivity index (χ3v) is 4.91. The fraction of sp³-hybridized carbons (Fsp3) is 0.455. The van der Waals surface area contributed by atoms with Gasteiger partial charge in [0.25, 0.3) is 0 Å². The van der Waals surface area contributed by atoms with E-state index >= 15 is 0 Å². The van der Waals surface area contributed by atoms with Crippen LogP contribution in [0.5, 0.6) is 0 Å². The molecule has 0 amide bonds. The lowest BCUT2D eigenvalue weighted by Gasteiger charge is -2.07. The topological polar surface area (TPSA) is 50.8 Å². The number of sulfone groups is 1. The van der Waals surface area contributed by atoms with Crippen molar-refractivity contribution in [2.75, 3.05) is 11.5 Å². The van der Waals surface area contributed by atoms with E-state index in [-0.39, 0.29) is 6.04 Å². The first-order valence-corrected chi connectivity index (χ1v) is 7.53. The highest BCUT2D eigenvalue weighted by Crippen LogP contribution is 2.10. The SMILES string of the molecule is O=S1(=O)CC[C@H]([NH2+]Cc2ccc(Cl)cc2)C1. The molecule has 0 aliphatic carbocycles. The average Bonchev–Trinajstić information content (AvgIpc) is 2.58. The van der Waals surface area contributed by atoms with Gasteiger partial charge in [-0.05, 0) is 12.1 Å². The Morgan fingerprint density at radius 3 is 2.56 bits per heavy atom. The molecule has 1 aromatic carbocycles. The number of hydrogen-bond donors (Lipinski definition) is 1. The van der Waals surface area contributed by atoms with Gasteiger partial charge in [-0.25, -0.2) is 8.42 Å². The minimum absolute atomic E-state index is 0.223. The first-order valence-electron chi connectivity index (χ1n) is 5.33. The number of benzene rings is 1. The van der Waals surface area contributed by atoms with Gasteiger partial charge in [-0.1, -0.05) is 23.7 Å². The minimum atomic E-state index is -2.76. The van der Waals surface area contributed by atoms with Crippen LogP contribution in [0.25, 0.3) is 0 Å². The molecular formula is C11H15ClNO2S+. The minimum Gasteiger partial charge on any atom is -0.339 e. The maximum Gasteiger partial charge on any atom is 0.156 e. The van der Waals surface area contributed by atoms with Gasteiger partial charge in [0.15, 0.2) is 9.84 Å². The van der Waals surface area contributed by atoms with Gasteiger partial charge >= 0.3 is 0 Å². The van der Waals surface area contributed by atoms with Crippen molar-refractivity contribution in [3.8, 4) is 0 Å². The van der Waals surface area contributed by atoms with Gasteiger partial charge < -0.3 is 5.32 Å².